The second kappa shape index (κ2) is 14.8. The van der Waals surface area contributed by atoms with E-state index in [0.717, 1.165) is 77.6 Å². The van der Waals surface area contributed by atoms with Crippen LogP contribution in [-0.2, 0) is 5.41 Å². The quantitative estimate of drug-likeness (QED) is 0.160. The van der Waals surface area contributed by atoms with Crippen LogP contribution in [0, 0.1) is 13.8 Å². The molecule has 0 fully saturated rings. The first-order valence-corrected chi connectivity index (χ1v) is 22.7. The number of hydrogen-bond acceptors (Lipinski definition) is 3. The third kappa shape index (κ3) is 5.76. The van der Waals surface area contributed by atoms with Gasteiger partial charge in [-0.25, -0.2) is 0 Å². The van der Waals surface area contributed by atoms with Crippen molar-refractivity contribution in [2.45, 2.75) is 19.3 Å². The molecular weight excluding hydrogens is 803 g/mol. The van der Waals surface area contributed by atoms with Gasteiger partial charge in [0, 0.05) is 38.6 Å². The van der Waals surface area contributed by atoms with Crippen molar-refractivity contribution in [3.05, 3.63) is 258 Å². The van der Waals surface area contributed by atoms with Crippen LogP contribution < -0.4 is 4.90 Å². The third-order valence-electron chi connectivity index (χ3n) is 13.9. The molecule has 3 heteroatoms. The van der Waals surface area contributed by atoms with Gasteiger partial charge in [0.05, 0.1) is 5.41 Å². The molecule has 12 aromatic rings. The second-order valence-electron chi connectivity index (χ2n) is 17.7. The summed E-state index contributed by atoms with van der Waals surface area (Å²) in [6.07, 6.45) is 0. The summed E-state index contributed by atoms with van der Waals surface area (Å²) in [5.41, 5.74) is 20.8. The number of fused-ring (bicyclic) bond motifs is 9. The van der Waals surface area contributed by atoms with Crippen LogP contribution in [0.3, 0.4) is 0 Å². The molecule has 0 amide bonds. The Bertz CT molecular complexity index is 3840. The van der Waals surface area contributed by atoms with Gasteiger partial charge in [-0.05, 0) is 148 Å². The van der Waals surface area contributed by atoms with Gasteiger partial charge in [0.2, 0.25) is 0 Å². The van der Waals surface area contributed by atoms with Crippen LogP contribution in [0.25, 0.3) is 77.3 Å². The zero-order valence-corrected chi connectivity index (χ0v) is 36.6. The van der Waals surface area contributed by atoms with Gasteiger partial charge in [-0.3, -0.25) is 0 Å². The molecule has 13 rings (SSSR count). The highest BCUT2D eigenvalue weighted by atomic mass is 16.3. The minimum atomic E-state index is -0.631. The summed E-state index contributed by atoms with van der Waals surface area (Å²) in [7, 11) is 0. The zero-order valence-electron chi connectivity index (χ0n) is 36.6. The van der Waals surface area contributed by atoms with E-state index < -0.39 is 5.41 Å². The minimum Gasteiger partial charge on any atom is -0.456 e. The fraction of sp³-hybridized carbons (Fsp3) is 0.0476. The summed E-state index contributed by atoms with van der Waals surface area (Å²) in [5, 5.41) is 4.52. The van der Waals surface area contributed by atoms with E-state index in [-0.39, 0.29) is 0 Å². The summed E-state index contributed by atoms with van der Waals surface area (Å²) in [4.78, 5) is 2.37. The van der Waals surface area contributed by atoms with E-state index in [1.807, 2.05) is 18.2 Å². The molecular formula is C63H43NO2. The Kier molecular flexibility index (Phi) is 8.56. The molecule has 312 valence electrons. The SMILES string of the molecule is Cc1ccc(N(c2ccc(-c3ccc4c(c3)oc3ccccc34)cc2)c2cccc(-c3cccc4c3C(c3ccccc3)(c3cc5c(cc3C)oc3ccccc35)c3ccccc3-4)c2)cc1. The lowest BCUT2D eigenvalue weighted by atomic mass is 9.65. The Labute approximate surface area is 383 Å². The topological polar surface area (TPSA) is 29.5 Å². The van der Waals surface area contributed by atoms with E-state index >= 15 is 0 Å². The number of anilines is 3. The van der Waals surface area contributed by atoms with E-state index in [1.165, 1.54) is 50.1 Å². The lowest BCUT2D eigenvalue weighted by Crippen LogP contribution is -2.30. The number of rotatable bonds is 7. The van der Waals surface area contributed by atoms with Gasteiger partial charge in [-0.1, -0.05) is 157 Å². The molecule has 2 aromatic heterocycles. The molecule has 1 aliphatic rings. The summed E-state index contributed by atoms with van der Waals surface area (Å²) in [6, 6.07) is 81.7. The summed E-state index contributed by atoms with van der Waals surface area (Å²) in [6.45, 7) is 4.39. The van der Waals surface area contributed by atoms with Crippen LogP contribution in [0.5, 0.6) is 0 Å². The average molecular weight is 846 g/mol. The first kappa shape index (κ1) is 38.1. The maximum absolute atomic E-state index is 6.48. The van der Waals surface area contributed by atoms with Gasteiger partial charge in [-0.15, -0.1) is 0 Å². The number of para-hydroxylation sites is 2. The second-order valence-corrected chi connectivity index (χ2v) is 17.7. The number of benzene rings is 10. The molecule has 0 saturated heterocycles. The Balaban J connectivity index is 0.991. The molecule has 0 bridgehead atoms. The van der Waals surface area contributed by atoms with Crippen LogP contribution in [0.2, 0.25) is 0 Å². The van der Waals surface area contributed by atoms with Gasteiger partial charge in [-0.2, -0.15) is 0 Å². The zero-order chi connectivity index (χ0) is 43.9. The summed E-state index contributed by atoms with van der Waals surface area (Å²) < 4.78 is 12.8. The highest BCUT2D eigenvalue weighted by Gasteiger charge is 2.48. The van der Waals surface area contributed by atoms with Crippen LogP contribution in [-0.4, -0.2) is 0 Å². The van der Waals surface area contributed by atoms with Gasteiger partial charge in [0.25, 0.3) is 0 Å². The van der Waals surface area contributed by atoms with Gasteiger partial charge >= 0.3 is 0 Å². The van der Waals surface area contributed by atoms with Crippen molar-refractivity contribution >= 4 is 60.9 Å². The van der Waals surface area contributed by atoms with Crippen molar-refractivity contribution in [3.8, 4) is 33.4 Å². The van der Waals surface area contributed by atoms with Gasteiger partial charge < -0.3 is 13.7 Å². The Morgan fingerprint density at radius 2 is 0.939 bits per heavy atom. The largest absolute Gasteiger partial charge is 0.456 e. The van der Waals surface area contributed by atoms with Crippen molar-refractivity contribution in [3.63, 3.8) is 0 Å². The highest BCUT2D eigenvalue weighted by Crippen LogP contribution is 2.60. The van der Waals surface area contributed by atoms with E-state index in [4.69, 9.17) is 8.83 Å². The first-order valence-electron chi connectivity index (χ1n) is 22.7. The molecule has 0 spiro atoms. The molecule has 1 atom stereocenters. The van der Waals surface area contributed by atoms with Crippen molar-refractivity contribution in [1.82, 2.24) is 0 Å². The van der Waals surface area contributed by atoms with Crippen LogP contribution in [0.1, 0.15) is 33.4 Å². The van der Waals surface area contributed by atoms with Gasteiger partial charge in [0.15, 0.2) is 0 Å². The standard InChI is InChI=1S/C63H43NO2/c1-40-26-31-46(32-27-40)64(47-33-28-42(29-34-47)43-30-35-53-51-19-7-10-24-58(51)66-61(53)38-43)48-17-12-14-44(37-48)49-21-13-22-54-50-18-6-9-23-56(50)63(62(49)54,45-15-4-3-5-16-45)57-39-55-52-20-8-11-25-59(52)65-60(55)36-41(57)2/h3-39H,1-2H3. The predicted octanol–water partition coefficient (Wildman–Crippen LogP) is 17.3. The normalized spacial score (nSPS) is 14.3. The molecule has 0 saturated carbocycles. The third-order valence-corrected chi connectivity index (χ3v) is 13.9. The van der Waals surface area contributed by atoms with Crippen LogP contribution in [0.4, 0.5) is 17.1 Å². The Morgan fingerprint density at radius 1 is 0.348 bits per heavy atom. The lowest BCUT2D eigenvalue weighted by Gasteiger charge is -2.36. The van der Waals surface area contributed by atoms with Crippen molar-refractivity contribution < 1.29 is 8.83 Å². The lowest BCUT2D eigenvalue weighted by molar-refractivity contribution is 0.667. The van der Waals surface area contributed by atoms with E-state index in [0.29, 0.717) is 0 Å². The van der Waals surface area contributed by atoms with Crippen molar-refractivity contribution in [1.29, 1.82) is 0 Å². The number of nitrogens with zero attached hydrogens (tertiary/aromatic N) is 1. The first-order chi connectivity index (χ1) is 32.5. The van der Waals surface area contributed by atoms with Crippen molar-refractivity contribution in [2.24, 2.45) is 0 Å². The minimum absolute atomic E-state index is 0.631. The Morgan fingerprint density at radius 3 is 1.71 bits per heavy atom. The Hall–Kier alpha value is -8.40. The van der Waals surface area contributed by atoms with E-state index in [1.54, 1.807) is 0 Å². The number of aryl methyl sites for hydroxylation is 2. The number of hydrogen-bond donors (Lipinski definition) is 0. The van der Waals surface area contributed by atoms with E-state index in [2.05, 4.69) is 225 Å². The van der Waals surface area contributed by atoms with Gasteiger partial charge in [0.1, 0.15) is 22.3 Å². The summed E-state index contributed by atoms with van der Waals surface area (Å²) in [5.74, 6) is 0. The molecule has 2 heterocycles. The average Bonchev–Trinajstić information content (AvgIpc) is 4.02. The molecule has 0 aliphatic heterocycles. The van der Waals surface area contributed by atoms with E-state index in [9.17, 15) is 0 Å². The van der Waals surface area contributed by atoms with Crippen molar-refractivity contribution in [2.75, 3.05) is 4.90 Å². The van der Waals surface area contributed by atoms with Crippen LogP contribution in [0.15, 0.2) is 233 Å². The maximum atomic E-state index is 6.48. The molecule has 3 nitrogen and oxygen atoms in total. The summed E-state index contributed by atoms with van der Waals surface area (Å²) >= 11 is 0. The molecule has 10 aromatic carbocycles. The smallest absolute Gasteiger partial charge is 0.136 e. The van der Waals surface area contributed by atoms with Crippen LogP contribution >= 0.6 is 0 Å². The maximum Gasteiger partial charge on any atom is 0.136 e. The molecule has 1 aliphatic carbocycles. The molecule has 1 unspecified atom stereocenters. The predicted molar refractivity (Wildman–Crippen MR) is 273 cm³/mol. The monoisotopic (exact) mass is 845 g/mol. The fourth-order valence-electron chi connectivity index (χ4n) is 11.0. The molecule has 0 radical (unpaired) electrons. The number of furan rings is 2. The molecule has 0 N–H and O–H groups in total. The fourth-order valence-corrected chi connectivity index (χ4v) is 11.0. The highest BCUT2D eigenvalue weighted by molar-refractivity contribution is 6.07. The molecule has 66 heavy (non-hydrogen) atoms.